The van der Waals surface area contributed by atoms with Gasteiger partial charge in [-0.1, -0.05) is 18.0 Å². The number of benzene rings is 1. The molecular formula is C22H27ClFN5O. The lowest BCUT2D eigenvalue weighted by Crippen LogP contribution is -2.29. The minimum absolute atomic E-state index is 0.147. The molecule has 0 bridgehead atoms. The van der Waals surface area contributed by atoms with Crippen LogP contribution in [-0.4, -0.2) is 37.3 Å². The van der Waals surface area contributed by atoms with Crippen molar-refractivity contribution in [3.8, 4) is 11.3 Å². The van der Waals surface area contributed by atoms with Crippen LogP contribution in [0.1, 0.15) is 51.4 Å². The molecule has 1 aliphatic rings. The lowest BCUT2D eigenvalue weighted by molar-refractivity contribution is 0.184. The summed E-state index contributed by atoms with van der Waals surface area (Å²) >= 11 is 6.40. The molecule has 1 fully saturated rings. The van der Waals surface area contributed by atoms with Gasteiger partial charge in [-0.25, -0.2) is 19.3 Å². The smallest absolute Gasteiger partial charge is 0.223 e. The second-order valence-corrected chi connectivity index (χ2v) is 8.80. The third kappa shape index (κ3) is 4.01. The van der Waals surface area contributed by atoms with Crippen LogP contribution in [0.5, 0.6) is 0 Å². The van der Waals surface area contributed by atoms with Crippen molar-refractivity contribution >= 4 is 28.6 Å². The second kappa shape index (κ2) is 8.47. The van der Waals surface area contributed by atoms with E-state index in [1.165, 1.54) is 6.07 Å². The van der Waals surface area contributed by atoms with Crippen LogP contribution in [0.2, 0.25) is 5.02 Å². The third-order valence-electron chi connectivity index (χ3n) is 5.83. The number of imidazole rings is 1. The Morgan fingerprint density at radius 2 is 2.10 bits per heavy atom. The van der Waals surface area contributed by atoms with Gasteiger partial charge in [0.05, 0.1) is 22.4 Å². The number of hydrogen-bond acceptors (Lipinski definition) is 5. The van der Waals surface area contributed by atoms with Crippen LogP contribution in [0.15, 0.2) is 18.3 Å². The number of aliphatic hydroxyl groups is 1. The minimum atomic E-state index is -0.396. The molecule has 1 aromatic carbocycles. The molecule has 2 atom stereocenters. The molecule has 2 aromatic heterocycles. The van der Waals surface area contributed by atoms with Crippen molar-refractivity contribution in [2.75, 3.05) is 11.9 Å². The van der Waals surface area contributed by atoms with Gasteiger partial charge in [-0.2, -0.15) is 0 Å². The average molecular weight is 432 g/mol. The van der Waals surface area contributed by atoms with Crippen LogP contribution < -0.4 is 5.32 Å². The van der Waals surface area contributed by atoms with Crippen molar-refractivity contribution in [2.24, 2.45) is 5.92 Å². The van der Waals surface area contributed by atoms with Crippen molar-refractivity contribution in [2.45, 2.75) is 58.5 Å². The van der Waals surface area contributed by atoms with Crippen LogP contribution in [0.3, 0.4) is 0 Å². The Morgan fingerprint density at radius 1 is 1.30 bits per heavy atom. The van der Waals surface area contributed by atoms with Gasteiger partial charge in [0.15, 0.2) is 5.82 Å². The van der Waals surface area contributed by atoms with E-state index in [9.17, 15) is 9.50 Å². The number of aryl methyl sites for hydroxylation is 1. The highest BCUT2D eigenvalue weighted by molar-refractivity contribution is 6.33. The number of anilines is 1. The molecular weight excluding hydrogens is 405 g/mol. The number of aliphatic hydroxyl groups excluding tert-OH is 1. The van der Waals surface area contributed by atoms with Gasteiger partial charge in [0.25, 0.3) is 0 Å². The van der Waals surface area contributed by atoms with Gasteiger partial charge < -0.3 is 15.0 Å². The number of fused-ring (bicyclic) bond motifs is 1. The van der Waals surface area contributed by atoms with Gasteiger partial charge in [-0.15, -0.1) is 0 Å². The molecule has 0 aliphatic heterocycles. The van der Waals surface area contributed by atoms with E-state index >= 15 is 0 Å². The quantitative estimate of drug-likeness (QED) is 0.585. The van der Waals surface area contributed by atoms with Crippen LogP contribution in [0.25, 0.3) is 22.3 Å². The van der Waals surface area contributed by atoms with E-state index in [-0.39, 0.29) is 18.7 Å². The van der Waals surface area contributed by atoms with E-state index in [0.29, 0.717) is 33.7 Å². The van der Waals surface area contributed by atoms with Crippen molar-refractivity contribution in [1.29, 1.82) is 0 Å². The molecule has 6 nitrogen and oxygen atoms in total. The van der Waals surface area contributed by atoms with Crippen molar-refractivity contribution < 1.29 is 9.50 Å². The highest BCUT2D eigenvalue weighted by Crippen LogP contribution is 2.33. The van der Waals surface area contributed by atoms with Gasteiger partial charge >= 0.3 is 0 Å². The summed E-state index contributed by atoms with van der Waals surface area (Å²) in [6.07, 6.45) is 5.54. The SMILES string of the molecule is Cc1nc2c(F)cc(-c3nc(NC4CCCC(CO)C4)ncc3Cl)cc2n1C(C)C. The van der Waals surface area contributed by atoms with Gasteiger partial charge in [0.1, 0.15) is 11.3 Å². The van der Waals surface area contributed by atoms with Crippen LogP contribution in [-0.2, 0) is 0 Å². The fourth-order valence-electron chi connectivity index (χ4n) is 4.47. The van der Waals surface area contributed by atoms with E-state index in [4.69, 9.17) is 11.6 Å². The summed E-state index contributed by atoms with van der Waals surface area (Å²) in [4.78, 5) is 13.3. The highest BCUT2D eigenvalue weighted by atomic mass is 35.5. The Hall–Kier alpha value is -2.25. The highest BCUT2D eigenvalue weighted by Gasteiger charge is 2.23. The Balaban J connectivity index is 1.71. The predicted octanol–water partition coefficient (Wildman–Crippen LogP) is 5.14. The summed E-state index contributed by atoms with van der Waals surface area (Å²) < 4.78 is 16.9. The average Bonchev–Trinajstić information content (AvgIpc) is 3.06. The molecule has 8 heteroatoms. The summed E-state index contributed by atoms with van der Waals surface area (Å²) in [5.74, 6) is 1.14. The molecule has 0 spiro atoms. The number of halogens is 2. The lowest BCUT2D eigenvalue weighted by atomic mass is 9.86. The molecule has 0 amide bonds. The fraction of sp³-hybridized carbons (Fsp3) is 0.500. The lowest BCUT2D eigenvalue weighted by Gasteiger charge is -2.28. The predicted molar refractivity (Wildman–Crippen MR) is 117 cm³/mol. The molecule has 160 valence electrons. The standard InChI is InChI=1S/C22H27ClFN5O/c1-12(2)29-13(3)26-21-18(24)8-15(9-19(21)29)20-17(23)10-25-22(28-20)27-16-6-4-5-14(7-16)11-30/h8-10,12,14,16,30H,4-7,11H2,1-3H3,(H,25,27,28). The van der Waals surface area contributed by atoms with E-state index in [1.807, 2.05) is 31.4 Å². The third-order valence-corrected chi connectivity index (χ3v) is 6.11. The minimum Gasteiger partial charge on any atom is -0.396 e. The van der Waals surface area contributed by atoms with Crippen LogP contribution >= 0.6 is 11.6 Å². The molecule has 4 rings (SSSR count). The Morgan fingerprint density at radius 3 is 2.83 bits per heavy atom. The molecule has 1 saturated carbocycles. The summed E-state index contributed by atoms with van der Waals surface area (Å²) in [5, 5.41) is 13.2. The summed E-state index contributed by atoms with van der Waals surface area (Å²) in [6.45, 7) is 6.17. The Bertz CT molecular complexity index is 1070. The monoisotopic (exact) mass is 431 g/mol. The maximum absolute atomic E-state index is 14.9. The summed E-state index contributed by atoms with van der Waals surface area (Å²) in [6, 6.07) is 3.67. The summed E-state index contributed by atoms with van der Waals surface area (Å²) in [7, 11) is 0. The molecule has 1 aliphatic carbocycles. The normalized spacial score (nSPS) is 19.6. The maximum atomic E-state index is 14.9. The van der Waals surface area contributed by atoms with E-state index in [0.717, 1.165) is 37.0 Å². The van der Waals surface area contributed by atoms with E-state index < -0.39 is 5.82 Å². The number of aromatic nitrogens is 4. The Labute approximate surface area is 180 Å². The molecule has 30 heavy (non-hydrogen) atoms. The molecule has 0 saturated heterocycles. The van der Waals surface area contributed by atoms with Gasteiger partial charge in [0.2, 0.25) is 5.95 Å². The topological polar surface area (TPSA) is 75.9 Å². The molecule has 2 N–H and O–H groups in total. The zero-order valence-corrected chi connectivity index (χ0v) is 18.2. The van der Waals surface area contributed by atoms with Crippen molar-refractivity contribution in [3.05, 3.63) is 35.0 Å². The van der Waals surface area contributed by atoms with Crippen LogP contribution in [0, 0.1) is 18.7 Å². The Kier molecular flexibility index (Phi) is 5.93. The van der Waals surface area contributed by atoms with Gasteiger partial charge in [-0.05, 0) is 58.1 Å². The summed E-state index contributed by atoms with van der Waals surface area (Å²) in [5.41, 5.74) is 2.15. The zero-order valence-electron chi connectivity index (χ0n) is 17.5. The van der Waals surface area contributed by atoms with Crippen LogP contribution in [0.4, 0.5) is 10.3 Å². The van der Waals surface area contributed by atoms with E-state index in [1.54, 1.807) is 6.20 Å². The first-order chi connectivity index (χ1) is 14.4. The number of hydrogen-bond donors (Lipinski definition) is 2. The first kappa shape index (κ1) is 21.0. The largest absolute Gasteiger partial charge is 0.396 e. The van der Waals surface area contributed by atoms with Gasteiger partial charge in [-0.3, -0.25) is 0 Å². The van der Waals surface area contributed by atoms with Crippen molar-refractivity contribution in [1.82, 2.24) is 19.5 Å². The van der Waals surface area contributed by atoms with Crippen molar-refractivity contribution in [3.63, 3.8) is 0 Å². The fourth-order valence-corrected chi connectivity index (χ4v) is 4.67. The number of rotatable bonds is 5. The van der Waals surface area contributed by atoms with Gasteiger partial charge in [0, 0.05) is 24.3 Å². The molecule has 2 unspecified atom stereocenters. The molecule has 2 heterocycles. The first-order valence-corrected chi connectivity index (χ1v) is 10.8. The second-order valence-electron chi connectivity index (χ2n) is 8.40. The number of nitrogens with zero attached hydrogens (tertiary/aromatic N) is 4. The molecule has 0 radical (unpaired) electrons. The maximum Gasteiger partial charge on any atom is 0.223 e. The van der Waals surface area contributed by atoms with E-state index in [2.05, 4.69) is 20.3 Å². The first-order valence-electron chi connectivity index (χ1n) is 10.5. The zero-order chi connectivity index (χ0) is 21.4. The number of nitrogens with one attached hydrogen (secondary N) is 1. The molecule has 3 aromatic rings.